The van der Waals surface area contributed by atoms with Gasteiger partial charge in [-0.05, 0) is 50.4 Å². The normalized spacial score (nSPS) is 30.9. The van der Waals surface area contributed by atoms with E-state index in [2.05, 4.69) is 13.8 Å². The molecule has 0 aromatic heterocycles. The van der Waals surface area contributed by atoms with Crippen LogP contribution in [0, 0.1) is 11.8 Å². The molecule has 0 radical (unpaired) electrons. The Morgan fingerprint density at radius 3 is 2.76 bits per heavy atom. The van der Waals surface area contributed by atoms with Crippen LogP contribution in [0.3, 0.4) is 0 Å². The summed E-state index contributed by atoms with van der Waals surface area (Å²) >= 11 is 0. The molecule has 0 aromatic rings. The Morgan fingerprint density at radius 1 is 1.41 bits per heavy atom. The molecule has 2 fully saturated rings. The topological polar surface area (TPSA) is 29.5 Å². The first-order chi connectivity index (χ1) is 8.17. The summed E-state index contributed by atoms with van der Waals surface area (Å²) in [6, 6.07) is 0. The van der Waals surface area contributed by atoms with Crippen LogP contribution in [0.1, 0.15) is 65.2 Å². The molecule has 1 spiro atoms. The third-order valence-corrected chi connectivity index (χ3v) is 4.87. The molecule has 3 atom stereocenters. The fourth-order valence-electron chi connectivity index (χ4n) is 3.44. The van der Waals surface area contributed by atoms with E-state index in [1.165, 1.54) is 38.5 Å². The van der Waals surface area contributed by atoms with Crippen LogP contribution in [0.15, 0.2) is 0 Å². The number of ether oxygens (including phenoxy) is 1. The van der Waals surface area contributed by atoms with Gasteiger partial charge in [0.05, 0.1) is 11.7 Å². The van der Waals surface area contributed by atoms with Crippen molar-refractivity contribution in [1.29, 1.82) is 0 Å². The maximum atomic E-state index is 10.5. The first-order valence-electron chi connectivity index (χ1n) is 7.49. The second kappa shape index (κ2) is 5.71. The minimum Gasteiger partial charge on any atom is -0.393 e. The molecule has 2 nitrogen and oxygen atoms in total. The highest BCUT2D eigenvalue weighted by molar-refractivity contribution is 4.95. The van der Waals surface area contributed by atoms with E-state index >= 15 is 0 Å². The van der Waals surface area contributed by atoms with E-state index in [0.29, 0.717) is 11.8 Å². The van der Waals surface area contributed by atoms with Crippen molar-refractivity contribution in [3.63, 3.8) is 0 Å². The second-order valence-corrected chi connectivity index (χ2v) is 6.25. The molecular formula is C15H28O2. The molecule has 1 aliphatic carbocycles. The van der Waals surface area contributed by atoms with Crippen LogP contribution in [0.5, 0.6) is 0 Å². The van der Waals surface area contributed by atoms with E-state index in [9.17, 15) is 5.11 Å². The molecule has 0 aromatic carbocycles. The molecule has 1 aliphatic heterocycles. The maximum Gasteiger partial charge on any atom is 0.0686 e. The minimum atomic E-state index is -0.108. The molecule has 1 saturated heterocycles. The highest BCUT2D eigenvalue weighted by atomic mass is 16.5. The van der Waals surface area contributed by atoms with Crippen molar-refractivity contribution in [2.75, 3.05) is 6.61 Å². The predicted octanol–water partition coefficient (Wildman–Crippen LogP) is 3.52. The van der Waals surface area contributed by atoms with Gasteiger partial charge in [0.15, 0.2) is 0 Å². The summed E-state index contributed by atoms with van der Waals surface area (Å²) in [5, 5.41) is 10.5. The van der Waals surface area contributed by atoms with Crippen LogP contribution in [0.25, 0.3) is 0 Å². The number of hydrogen-bond acceptors (Lipinski definition) is 2. The quantitative estimate of drug-likeness (QED) is 0.796. The molecule has 0 amide bonds. The Bertz CT molecular complexity index is 235. The van der Waals surface area contributed by atoms with Crippen molar-refractivity contribution >= 4 is 0 Å². The Morgan fingerprint density at radius 2 is 2.18 bits per heavy atom. The third-order valence-electron chi connectivity index (χ3n) is 4.87. The lowest BCUT2D eigenvalue weighted by Gasteiger charge is -2.48. The van der Waals surface area contributed by atoms with Crippen LogP contribution in [0.4, 0.5) is 0 Å². The summed E-state index contributed by atoms with van der Waals surface area (Å²) in [6.07, 6.45) is 9.45. The largest absolute Gasteiger partial charge is 0.393 e. The van der Waals surface area contributed by atoms with E-state index in [1.807, 2.05) is 0 Å². The van der Waals surface area contributed by atoms with Gasteiger partial charge in [0.25, 0.3) is 0 Å². The molecule has 100 valence electrons. The average Bonchev–Trinajstić information content (AvgIpc) is 2.33. The van der Waals surface area contributed by atoms with E-state index in [0.717, 1.165) is 19.4 Å². The fraction of sp³-hybridized carbons (Fsp3) is 1.00. The van der Waals surface area contributed by atoms with E-state index < -0.39 is 0 Å². The smallest absolute Gasteiger partial charge is 0.0686 e. The van der Waals surface area contributed by atoms with Gasteiger partial charge in [-0.2, -0.15) is 0 Å². The Labute approximate surface area is 106 Å². The van der Waals surface area contributed by atoms with Gasteiger partial charge in [-0.1, -0.05) is 26.7 Å². The van der Waals surface area contributed by atoms with Crippen molar-refractivity contribution in [3.8, 4) is 0 Å². The number of hydrogen-bond donors (Lipinski definition) is 1. The van der Waals surface area contributed by atoms with Gasteiger partial charge in [0.1, 0.15) is 0 Å². The molecule has 1 N–H and O–H groups in total. The number of rotatable bonds is 5. The Hall–Kier alpha value is -0.0800. The number of aliphatic hydroxyl groups is 1. The van der Waals surface area contributed by atoms with Crippen molar-refractivity contribution in [3.05, 3.63) is 0 Å². The fourth-order valence-corrected chi connectivity index (χ4v) is 3.44. The summed E-state index contributed by atoms with van der Waals surface area (Å²) < 4.78 is 5.93. The van der Waals surface area contributed by atoms with Gasteiger partial charge < -0.3 is 9.84 Å². The summed E-state index contributed by atoms with van der Waals surface area (Å²) in [6.45, 7) is 5.29. The van der Waals surface area contributed by atoms with Crippen LogP contribution in [-0.4, -0.2) is 23.4 Å². The van der Waals surface area contributed by atoms with Crippen LogP contribution >= 0.6 is 0 Å². The molecule has 1 heterocycles. The molecule has 1 saturated carbocycles. The summed E-state index contributed by atoms with van der Waals surface area (Å²) in [5.41, 5.74) is 0.175. The zero-order valence-corrected chi connectivity index (χ0v) is 11.5. The Kier molecular flexibility index (Phi) is 4.48. The van der Waals surface area contributed by atoms with E-state index in [-0.39, 0.29) is 11.7 Å². The van der Waals surface area contributed by atoms with E-state index in [1.54, 1.807) is 0 Å². The monoisotopic (exact) mass is 240 g/mol. The predicted molar refractivity (Wildman–Crippen MR) is 70.0 cm³/mol. The summed E-state index contributed by atoms with van der Waals surface area (Å²) in [5.74, 6) is 0.936. The average molecular weight is 240 g/mol. The zero-order chi connectivity index (χ0) is 12.3. The van der Waals surface area contributed by atoms with Gasteiger partial charge in [-0.3, -0.25) is 0 Å². The lowest BCUT2D eigenvalue weighted by atomic mass is 9.69. The van der Waals surface area contributed by atoms with Gasteiger partial charge in [0.2, 0.25) is 0 Å². The number of aliphatic hydroxyl groups excluding tert-OH is 1. The van der Waals surface area contributed by atoms with Gasteiger partial charge in [0, 0.05) is 6.61 Å². The molecule has 2 aliphatic rings. The lowest BCUT2D eigenvalue weighted by molar-refractivity contribution is -0.160. The third kappa shape index (κ3) is 3.03. The number of unbranched alkanes of at least 4 members (excludes halogenated alkanes) is 1. The first kappa shape index (κ1) is 13.4. The molecule has 3 unspecified atom stereocenters. The van der Waals surface area contributed by atoms with Crippen LogP contribution < -0.4 is 0 Å². The summed E-state index contributed by atoms with van der Waals surface area (Å²) in [4.78, 5) is 0. The summed E-state index contributed by atoms with van der Waals surface area (Å²) in [7, 11) is 0. The molecule has 0 bridgehead atoms. The molecule has 2 heteroatoms. The van der Waals surface area contributed by atoms with Crippen LogP contribution in [0.2, 0.25) is 0 Å². The van der Waals surface area contributed by atoms with Gasteiger partial charge in [-0.15, -0.1) is 0 Å². The van der Waals surface area contributed by atoms with Gasteiger partial charge >= 0.3 is 0 Å². The highest BCUT2D eigenvalue weighted by Crippen LogP contribution is 2.45. The molecule has 2 rings (SSSR count). The van der Waals surface area contributed by atoms with Gasteiger partial charge in [-0.25, -0.2) is 0 Å². The van der Waals surface area contributed by atoms with Crippen molar-refractivity contribution < 1.29 is 9.84 Å². The zero-order valence-electron chi connectivity index (χ0n) is 11.5. The second-order valence-electron chi connectivity index (χ2n) is 6.25. The van der Waals surface area contributed by atoms with E-state index in [4.69, 9.17) is 4.74 Å². The molecular weight excluding hydrogens is 212 g/mol. The van der Waals surface area contributed by atoms with Crippen molar-refractivity contribution in [2.45, 2.75) is 76.9 Å². The lowest BCUT2D eigenvalue weighted by Crippen LogP contribution is -2.48. The van der Waals surface area contributed by atoms with Crippen molar-refractivity contribution in [2.24, 2.45) is 11.8 Å². The Balaban J connectivity index is 1.83. The van der Waals surface area contributed by atoms with Crippen LogP contribution in [-0.2, 0) is 4.74 Å². The first-order valence-corrected chi connectivity index (χ1v) is 7.49. The van der Waals surface area contributed by atoms with Crippen molar-refractivity contribution in [1.82, 2.24) is 0 Å². The maximum absolute atomic E-state index is 10.5. The minimum absolute atomic E-state index is 0.108. The SMILES string of the molecule is CCCCC(C)C(O)C1CCOC2(CCC2)C1. The highest BCUT2D eigenvalue weighted by Gasteiger charge is 2.44. The molecule has 17 heavy (non-hydrogen) atoms. The standard InChI is InChI=1S/C15H28O2/c1-3-4-6-12(2)14(16)13-7-10-17-15(11-13)8-5-9-15/h12-14,16H,3-11H2,1-2H3.